The molecule has 1 aromatic rings. The maximum absolute atomic E-state index is 2.42. The average molecular weight is 282 g/mol. The lowest BCUT2D eigenvalue weighted by atomic mass is 9.44. The van der Waals surface area contributed by atoms with E-state index < -0.39 is 0 Å². The highest BCUT2D eigenvalue weighted by molar-refractivity contribution is 5.97. The Morgan fingerprint density at radius 3 is 1.55 bits per heavy atom. The molecule has 0 heteroatoms. The highest BCUT2D eigenvalue weighted by atomic mass is 14.6. The molecule has 0 aliphatic heterocycles. The Morgan fingerprint density at radius 1 is 0.636 bits per heavy atom. The van der Waals surface area contributed by atoms with E-state index in [0.717, 1.165) is 0 Å². The SMILES string of the molecule is C[C@@]12C3=CC=C4C=CC=C(c5ccccc5C1=CC=C3)[C@@]42C. The summed E-state index contributed by atoms with van der Waals surface area (Å²) in [7, 11) is 0. The summed E-state index contributed by atoms with van der Waals surface area (Å²) in [4.78, 5) is 0. The molecule has 0 radical (unpaired) electrons. The Balaban J connectivity index is 2.00. The van der Waals surface area contributed by atoms with Crippen molar-refractivity contribution in [3.63, 3.8) is 0 Å². The van der Waals surface area contributed by atoms with E-state index in [4.69, 9.17) is 0 Å². The molecular weight excluding hydrogens is 264 g/mol. The van der Waals surface area contributed by atoms with Crippen LogP contribution in [0.3, 0.4) is 0 Å². The first-order valence-corrected chi connectivity index (χ1v) is 7.98. The van der Waals surface area contributed by atoms with Gasteiger partial charge in [-0.1, -0.05) is 86.7 Å². The van der Waals surface area contributed by atoms with Gasteiger partial charge in [-0.2, -0.15) is 0 Å². The van der Waals surface area contributed by atoms with Crippen molar-refractivity contribution >= 4 is 11.1 Å². The van der Waals surface area contributed by atoms with Crippen LogP contribution >= 0.6 is 0 Å². The third kappa shape index (κ3) is 1.10. The molecule has 0 bridgehead atoms. The number of hydrogen-bond donors (Lipinski definition) is 0. The zero-order valence-electron chi connectivity index (χ0n) is 12.9. The van der Waals surface area contributed by atoms with Crippen LogP contribution < -0.4 is 0 Å². The second-order valence-electron chi connectivity index (χ2n) is 6.92. The number of rotatable bonds is 0. The molecule has 2 atom stereocenters. The van der Waals surface area contributed by atoms with Crippen molar-refractivity contribution in [1.29, 1.82) is 0 Å². The van der Waals surface area contributed by atoms with Crippen LogP contribution in [0, 0.1) is 10.8 Å². The van der Waals surface area contributed by atoms with Gasteiger partial charge < -0.3 is 0 Å². The van der Waals surface area contributed by atoms with Crippen LogP contribution in [-0.4, -0.2) is 0 Å². The van der Waals surface area contributed by atoms with Gasteiger partial charge in [0.15, 0.2) is 0 Å². The van der Waals surface area contributed by atoms with Gasteiger partial charge in [-0.15, -0.1) is 0 Å². The van der Waals surface area contributed by atoms with Crippen LogP contribution in [-0.2, 0) is 0 Å². The summed E-state index contributed by atoms with van der Waals surface area (Å²) in [6.45, 7) is 4.84. The summed E-state index contributed by atoms with van der Waals surface area (Å²) in [5.74, 6) is 0. The third-order valence-electron chi connectivity index (χ3n) is 6.26. The molecule has 22 heavy (non-hydrogen) atoms. The fourth-order valence-corrected chi connectivity index (χ4v) is 4.88. The first-order chi connectivity index (χ1) is 10.7. The molecule has 4 aliphatic rings. The predicted octanol–water partition coefficient (Wildman–Crippen LogP) is 5.49. The van der Waals surface area contributed by atoms with E-state index in [-0.39, 0.29) is 10.8 Å². The van der Waals surface area contributed by atoms with Gasteiger partial charge in [0.25, 0.3) is 0 Å². The van der Waals surface area contributed by atoms with E-state index >= 15 is 0 Å². The standard InChI is InChI=1S/C22H18/c1-21-15-7-5-11-19(21)17-9-3-4-10-18(17)20-12-6-8-16(14-13-15)22(20,21)2/h3-14H,1-2H3/t21-,22-/m1/s1. The molecule has 0 heterocycles. The van der Waals surface area contributed by atoms with E-state index in [1.54, 1.807) is 0 Å². The molecule has 0 N–H and O–H groups in total. The number of hydrogen-bond acceptors (Lipinski definition) is 0. The molecule has 0 fully saturated rings. The van der Waals surface area contributed by atoms with Crippen LogP contribution in [0.5, 0.6) is 0 Å². The molecule has 1 aromatic carbocycles. The lowest BCUT2D eigenvalue weighted by molar-refractivity contribution is 0.303. The Morgan fingerprint density at radius 2 is 1.09 bits per heavy atom. The Bertz CT molecular complexity index is 823. The highest BCUT2D eigenvalue weighted by Gasteiger charge is 2.58. The van der Waals surface area contributed by atoms with Gasteiger partial charge in [0.2, 0.25) is 0 Å². The van der Waals surface area contributed by atoms with Crippen molar-refractivity contribution in [2.75, 3.05) is 0 Å². The summed E-state index contributed by atoms with van der Waals surface area (Å²) >= 11 is 0. The summed E-state index contributed by atoms with van der Waals surface area (Å²) in [6, 6.07) is 8.87. The minimum absolute atomic E-state index is 0.0107. The average Bonchev–Trinajstić information content (AvgIpc) is 2.54. The van der Waals surface area contributed by atoms with Crippen LogP contribution in [0.2, 0.25) is 0 Å². The molecule has 0 saturated heterocycles. The van der Waals surface area contributed by atoms with Crippen LogP contribution in [0.1, 0.15) is 25.0 Å². The van der Waals surface area contributed by atoms with Gasteiger partial charge in [0.1, 0.15) is 0 Å². The maximum atomic E-state index is 2.42. The minimum atomic E-state index is 0.0107. The predicted molar refractivity (Wildman–Crippen MR) is 93.1 cm³/mol. The molecule has 5 rings (SSSR count). The largest absolute Gasteiger partial charge is 0.0616 e. The zero-order chi connectivity index (χ0) is 14.9. The molecule has 4 aliphatic carbocycles. The second-order valence-corrected chi connectivity index (χ2v) is 6.92. The van der Waals surface area contributed by atoms with Gasteiger partial charge in [-0.25, -0.2) is 0 Å². The Labute approximate surface area is 131 Å². The van der Waals surface area contributed by atoms with E-state index in [1.165, 1.54) is 33.4 Å². The van der Waals surface area contributed by atoms with Crippen molar-refractivity contribution in [3.05, 3.63) is 95.1 Å². The summed E-state index contributed by atoms with van der Waals surface area (Å²) in [6.07, 6.45) is 18.2. The normalized spacial score (nSPS) is 33.2. The van der Waals surface area contributed by atoms with E-state index in [0.29, 0.717) is 0 Å². The van der Waals surface area contributed by atoms with Crippen molar-refractivity contribution in [1.82, 2.24) is 0 Å². The fraction of sp³-hybridized carbons (Fsp3) is 0.182. The van der Waals surface area contributed by atoms with Gasteiger partial charge in [0.05, 0.1) is 0 Å². The molecular formula is C22H18. The molecule has 0 spiro atoms. The molecule has 0 aromatic heterocycles. The number of allylic oxidation sites excluding steroid dienone is 12. The van der Waals surface area contributed by atoms with Crippen LogP contribution in [0.4, 0.5) is 0 Å². The molecule has 106 valence electrons. The van der Waals surface area contributed by atoms with Crippen molar-refractivity contribution in [3.8, 4) is 0 Å². The van der Waals surface area contributed by atoms with Gasteiger partial charge in [-0.3, -0.25) is 0 Å². The van der Waals surface area contributed by atoms with E-state index in [1.807, 2.05) is 0 Å². The fourth-order valence-electron chi connectivity index (χ4n) is 4.88. The molecule has 0 saturated carbocycles. The first kappa shape index (κ1) is 12.2. The van der Waals surface area contributed by atoms with Crippen LogP contribution in [0.25, 0.3) is 11.1 Å². The van der Waals surface area contributed by atoms with Crippen molar-refractivity contribution < 1.29 is 0 Å². The lowest BCUT2D eigenvalue weighted by Gasteiger charge is -2.58. The van der Waals surface area contributed by atoms with Crippen molar-refractivity contribution in [2.45, 2.75) is 13.8 Å². The van der Waals surface area contributed by atoms with Crippen molar-refractivity contribution in [2.24, 2.45) is 10.8 Å². The quantitative estimate of drug-likeness (QED) is 0.590. The van der Waals surface area contributed by atoms with Gasteiger partial charge in [0, 0.05) is 10.8 Å². The summed E-state index contributed by atoms with van der Waals surface area (Å²) < 4.78 is 0. The monoisotopic (exact) mass is 282 g/mol. The highest BCUT2D eigenvalue weighted by Crippen LogP contribution is 2.69. The summed E-state index contributed by atoms with van der Waals surface area (Å²) in [5, 5.41) is 0. The van der Waals surface area contributed by atoms with Gasteiger partial charge >= 0.3 is 0 Å². The van der Waals surface area contributed by atoms with Crippen LogP contribution in [0.15, 0.2) is 84.0 Å². The molecule has 0 nitrogen and oxygen atoms in total. The second kappa shape index (κ2) is 3.70. The number of benzene rings is 1. The Kier molecular flexibility index (Phi) is 2.06. The van der Waals surface area contributed by atoms with E-state index in [2.05, 4.69) is 86.7 Å². The summed E-state index contributed by atoms with van der Waals surface area (Å²) in [5.41, 5.74) is 8.56. The van der Waals surface area contributed by atoms with Gasteiger partial charge in [-0.05, 0) is 33.4 Å². The zero-order valence-corrected chi connectivity index (χ0v) is 12.9. The Hall–Kier alpha value is -2.34. The molecule has 0 unspecified atom stereocenters. The molecule has 0 amide bonds. The van der Waals surface area contributed by atoms with E-state index in [9.17, 15) is 0 Å². The number of fused-ring (bicyclic) bond motifs is 3. The lowest BCUT2D eigenvalue weighted by Crippen LogP contribution is -2.47. The maximum Gasteiger partial charge on any atom is 0.0315 e. The minimum Gasteiger partial charge on any atom is -0.0616 e. The third-order valence-corrected chi connectivity index (χ3v) is 6.26. The smallest absolute Gasteiger partial charge is 0.0315 e. The first-order valence-electron chi connectivity index (χ1n) is 7.98. The topological polar surface area (TPSA) is 0 Å².